The van der Waals surface area contributed by atoms with Gasteiger partial charge in [-0.05, 0) is 26.2 Å². The van der Waals surface area contributed by atoms with Crippen LogP contribution in [0, 0.1) is 27.1 Å². The molecule has 4 saturated heterocycles. The van der Waals surface area contributed by atoms with Crippen LogP contribution in [0.4, 0.5) is 4.79 Å². The van der Waals surface area contributed by atoms with Crippen LogP contribution in [0.15, 0.2) is 60.7 Å². The van der Waals surface area contributed by atoms with E-state index in [1.807, 2.05) is 96.1 Å². The molecule has 426 valence electrons. The third-order valence-electron chi connectivity index (χ3n) is 11.9. The molecule has 0 aromatic heterocycles. The van der Waals surface area contributed by atoms with Crippen LogP contribution in [0.2, 0.25) is 0 Å². The van der Waals surface area contributed by atoms with Crippen molar-refractivity contribution in [3.8, 4) is 0 Å². The number of nitrogens with two attached hydrogens (primary N) is 2. The molecule has 4 aliphatic rings. The van der Waals surface area contributed by atoms with E-state index in [-0.39, 0.29) is 55.4 Å². The van der Waals surface area contributed by atoms with Gasteiger partial charge in [0.2, 0.25) is 0 Å². The van der Waals surface area contributed by atoms with Crippen LogP contribution in [0.5, 0.6) is 0 Å². The molecular weight excluding hydrogens is 1040 g/mol. The Morgan fingerprint density at radius 3 is 1.58 bits per heavy atom. The van der Waals surface area contributed by atoms with E-state index < -0.39 is 60.9 Å². The molecule has 7 unspecified atom stereocenters. The Balaban J connectivity index is 0.000000331. The molecule has 74 heavy (non-hydrogen) atoms. The molecule has 7 N–H and O–H groups in total. The number of hydrogen-bond donors (Lipinski definition) is 5. The molecule has 4 heterocycles. The van der Waals surface area contributed by atoms with Crippen molar-refractivity contribution in [3.63, 3.8) is 0 Å². The zero-order valence-corrected chi connectivity index (χ0v) is 49.3. The second kappa shape index (κ2) is 28.8. The minimum absolute atomic E-state index is 0.0139. The smallest absolute Gasteiger partial charge is 0.407 e. The highest BCUT2D eigenvalue weighted by atomic mass is 33.1. The molecule has 4 aliphatic heterocycles. The summed E-state index contributed by atoms with van der Waals surface area (Å²) in [6.45, 7) is 27.1. The molecule has 23 heteroatoms. The predicted octanol–water partition coefficient (Wildman–Crippen LogP) is 6.73. The van der Waals surface area contributed by atoms with Crippen molar-refractivity contribution in [1.82, 2.24) is 5.32 Å². The first-order valence-corrected chi connectivity index (χ1v) is 30.4. The summed E-state index contributed by atoms with van der Waals surface area (Å²) in [5.74, 6) is 0.750. The standard InChI is InChI=1S/C13H27NO8S2.C13H19NO2.C13H18O3.C6H13NS2.C6H10O3/c1-12(2,3)21-11(15)14-8-10(22-24(7,18)19)13(4,5)9-20-23(6,16)17;2*1-13(2)9-15-12(16-11(13)8-14)10-6-4-3-5-7-10;1-6(2)4-8-9-5(6)3-7;1-6(2)3-9-5(8)4(6)7/h10H,8-9H2,1-7H3,(H,14,15);3-7,11-12H,8-9,14H2,1-2H3;3-7,11-12,14H,8-9H2,1-2H3;5H,3-4,7H2,1-2H3;4,7H,3H2,1-2H3. The highest BCUT2D eigenvalue weighted by molar-refractivity contribution is 8.77. The van der Waals surface area contributed by atoms with E-state index in [0.29, 0.717) is 37.0 Å². The molecule has 0 spiro atoms. The number of carbonyl (C=O) groups is 2. The van der Waals surface area contributed by atoms with E-state index in [4.69, 9.17) is 48.6 Å². The fourth-order valence-electron chi connectivity index (χ4n) is 6.82. The van der Waals surface area contributed by atoms with Gasteiger partial charge in [0.15, 0.2) is 18.7 Å². The number of alkyl carbamates (subject to hydrolysis) is 1. The van der Waals surface area contributed by atoms with Crippen LogP contribution in [0.3, 0.4) is 0 Å². The van der Waals surface area contributed by atoms with E-state index in [2.05, 4.69) is 37.7 Å². The highest BCUT2D eigenvalue weighted by Gasteiger charge is 2.43. The summed E-state index contributed by atoms with van der Waals surface area (Å²) < 4.78 is 87.6. The van der Waals surface area contributed by atoms with Gasteiger partial charge in [-0.25, -0.2) is 9.59 Å². The fraction of sp³-hybridized carbons (Fsp3) is 0.725. The van der Waals surface area contributed by atoms with Crippen LogP contribution in [-0.4, -0.2) is 145 Å². The third-order valence-corrected chi connectivity index (χ3v) is 16.6. The SMILES string of the molecule is CC(C)(C)OC(=O)NCC(OS(C)(=O)=O)C(C)(C)COS(C)(=O)=O.CC1(C)COC(=O)C1O.CC1(C)COC(c2ccccc2)OC1CN.CC1(C)COC(c2ccccc2)OC1CO.CC1(C)CSSC1CN. The average Bonchev–Trinajstić information content (AvgIpc) is 3.77. The molecule has 6 rings (SSSR count). The summed E-state index contributed by atoms with van der Waals surface area (Å²) in [7, 11) is -3.66. The Labute approximate surface area is 449 Å². The Morgan fingerprint density at radius 1 is 0.757 bits per heavy atom. The molecule has 4 fully saturated rings. The summed E-state index contributed by atoms with van der Waals surface area (Å²) in [5, 5.41) is 21.4. The zero-order valence-electron chi connectivity index (χ0n) is 46.1. The maximum absolute atomic E-state index is 11.7. The van der Waals surface area contributed by atoms with Crippen LogP contribution in [-0.2, 0) is 61.8 Å². The number of carbonyl (C=O) groups excluding carboxylic acids is 2. The molecule has 7 atom stereocenters. The van der Waals surface area contributed by atoms with E-state index in [1.54, 1.807) is 48.5 Å². The van der Waals surface area contributed by atoms with Gasteiger partial charge in [0, 0.05) is 63.4 Å². The first-order valence-electron chi connectivity index (χ1n) is 24.4. The second-order valence-corrected chi connectivity index (χ2v) is 28.8. The molecular formula is C51H87N3O16S4. The van der Waals surface area contributed by atoms with Gasteiger partial charge in [0.1, 0.15) is 11.7 Å². The number of amides is 1. The van der Waals surface area contributed by atoms with Gasteiger partial charge < -0.3 is 55.4 Å². The number of aliphatic hydroxyl groups excluding tert-OH is 2. The molecule has 2 aromatic rings. The van der Waals surface area contributed by atoms with Gasteiger partial charge in [-0.2, -0.15) is 16.8 Å². The molecule has 0 aliphatic carbocycles. The van der Waals surface area contributed by atoms with Gasteiger partial charge in [0.05, 0.1) is 57.8 Å². The fourth-order valence-corrected chi connectivity index (χ4v) is 12.0. The van der Waals surface area contributed by atoms with Gasteiger partial charge in [0.25, 0.3) is 20.2 Å². The Morgan fingerprint density at radius 2 is 1.24 bits per heavy atom. The molecule has 1 amide bonds. The number of aliphatic hydroxyl groups is 2. The van der Waals surface area contributed by atoms with E-state index in [1.165, 1.54) is 5.75 Å². The van der Waals surface area contributed by atoms with Gasteiger partial charge in [-0.1, -0.05) is 151 Å². The van der Waals surface area contributed by atoms with Crippen molar-refractivity contribution < 1.29 is 73.4 Å². The lowest BCUT2D eigenvalue weighted by Gasteiger charge is -2.41. The minimum atomic E-state index is -3.84. The van der Waals surface area contributed by atoms with Crippen LogP contribution >= 0.6 is 21.6 Å². The molecule has 2 aromatic carbocycles. The first kappa shape index (κ1) is 67.5. The van der Waals surface area contributed by atoms with Gasteiger partial charge in [-0.3, -0.25) is 8.37 Å². The number of ether oxygens (including phenoxy) is 6. The molecule has 0 saturated carbocycles. The Kier molecular flexibility index (Phi) is 26.3. The summed E-state index contributed by atoms with van der Waals surface area (Å²) in [6, 6.07) is 19.8. The van der Waals surface area contributed by atoms with Crippen molar-refractivity contribution in [2.24, 2.45) is 38.5 Å². The maximum Gasteiger partial charge on any atom is 0.407 e. The summed E-state index contributed by atoms with van der Waals surface area (Å²) >= 11 is 0. The largest absolute Gasteiger partial charge is 0.463 e. The monoisotopic (exact) mass is 1130 g/mol. The number of benzene rings is 2. The van der Waals surface area contributed by atoms with E-state index in [9.17, 15) is 31.5 Å². The van der Waals surface area contributed by atoms with Crippen LogP contribution in [0.25, 0.3) is 0 Å². The summed E-state index contributed by atoms with van der Waals surface area (Å²) in [4.78, 5) is 22.2. The normalized spacial score (nSPS) is 25.3. The zero-order chi connectivity index (χ0) is 56.6. The number of hydrogen-bond acceptors (Lipinski definition) is 20. The Bertz CT molecular complexity index is 2160. The second-order valence-electron chi connectivity index (χ2n) is 22.9. The van der Waals surface area contributed by atoms with Crippen LogP contribution in [0.1, 0.15) is 114 Å². The Hall–Kier alpha value is -2.62. The first-order chi connectivity index (χ1) is 33.9. The molecule has 0 bridgehead atoms. The highest BCUT2D eigenvalue weighted by Crippen LogP contribution is 2.48. The molecule has 19 nitrogen and oxygen atoms in total. The minimum Gasteiger partial charge on any atom is -0.463 e. The van der Waals surface area contributed by atoms with Gasteiger partial charge >= 0.3 is 12.1 Å². The van der Waals surface area contributed by atoms with Crippen molar-refractivity contribution in [2.75, 3.05) is 70.9 Å². The lowest BCUT2D eigenvalue weighted by molar-refractivity contribution is -0.271. The van der Waals surface area contributed by atoms with Gasteiger partial charge in [-0.15, -0.1) is 0 Å². The topological polar surface area (TPSA) is 281 Å². The van der Waals surface area contributed by atoms with Crippen LogP contribution < -0.4 is 16.8 Å². The molecule has 0 radical (unpaired) electrons. The summed E-state index contributed by atoms with van der Waals surface area (Å²) in [6.07, 6.45) is -1.74. The number of esters is 1. The lowest BCUT2D eigenvalue weighted by atomic mass is 9.86. The van der Waals surface area contributed by atoms with E-state index >= 15 is 0 Å². The van der Waals surface area contributed by atoms with Crippen molar-refractivity contribution in [3.05, 3.63) is 71.8 Å². The summed E-state index contributed by atoms with van der Waals surface area (Å²) in [5.41, 5.74) is 11.5. The van der Waals surface area contributed by atoms with Crippen molar-refractivity contribution in [1.29, 1.82) is 0 Å². The number of rotatable bonds is 13. The van der Waals surface area contributed by atoms with Crippen molar-refractivity contribution >= 4 is 53.9 Å². The third kappa shape index (κ3) is 24.0. The van der Waals surface area contributed by atoms with Crippen molar-refractivity contribution in [2.45, 2.75) is 138 Å². The van der Waals surface area contributed by atoms with E-state index in [0.717, 1.165) is 30.2 Å². The average molecular weight is 1130 g/mol. The quantitative estimate of drug-likeness (QED) is 0.0790. The lowest BCUT2D eigenvalue weighted by Crippen LogP contribution is -2.46. The maximum atomic E-state index is 11.7. The number of nitrogens with one attached hydrogen (secondary N) is 1. The number of cyclic esters (lactones) is 1. The predicted molar refractivity (Wildman–Crippen MR) is 290 cm³/mol.